The summed E-state index contributed by atoms with van der Waals surface area (Å²) in [6, 6.07) is 5.84. The van der Waals surface area contributed by atoms with Crippen molar-refractivity contribution in [3.63, 3.8) is 0 Å². The third-order valence-electron chi connectivity index (χ3n) is 3.92. The zero-order valence-corrected chi connectivity index (χ0v) is 16.7. The minimum absolute atomic E-state index is 0.117. The highest BCUT2D eigenvalue weighted by atomic mass is 16.5. The predicted molar refractivity (Wildman–Crippen MR) is 105 cm³/mol. The van der Waals surface area contributed by atoms with E-state index in [4.69, 9.17) is 9.47 Å². The predicted octanol–water partition coefficient (Wildman–Crippen LogP) is 4.02. The molecule has 6 nitrogen and oxygen atoms in total. The van der Waals surface area contributed by atoms with E-state index in [1.807, 2.05) is 32.0 Å². The van der Waals surface area contributed by atoms with Gasteiger partial charge in [0, 0.05) is 19.3 Å². The lowest BCUT2D eigenvalue weighted by molar-refractivity contribution is 0.0736. The van der Waals surface area contributed by atoms with Crippen LogP contribution >= 0.6 is 0 Å². The van der Waals surface area contributed by atoms with Gasteiger partial charge in [0.05, 0.1) is 25.1 Å². The molecule has 0 saturated carbocycles. The molecule has 2 rings (SSSR count). The minimum Gasteiger partial charge on any atom is -0.490 e. The fourth-order valence-corrected chi connectivity index (χ4v) is 2.66. The van der Waals surface area contributed by atoms with Gasteiger partial charge in [-0.15, -0.1) is 0 Å². The molecule has 2 aromatic rings. The van der Waals surface area contributed by atoms with E-state index in [0.717, 1.165) is 29.8 Å². The van der Waals surface area contributed by atoms with Gasteiger partial charge in [0.25, 0.3) is 5.91 Å². The number of ether oxygens (including phenoxy) is 2. The number of aryl methyl sites for hydroxylation is 1. The second kappa shape index (κ2) is 10.5. The lowest BCUT2D eigenvalue weighted by atomic mass is 10.1. The van der Waals surface area contributed by atoms with Crippen molar-refractivity contribution in [1.29, 1.82) is 0 Å². The third-order valence-corrected chi connectivity index (χ3v) is 3.92. The summed E-state index contributed by atoms with van der Waals surface area (Å²) in [6.07, 6.45) is 4.95. The van der Waals surface area contributed by atoms with Crippen molar-refractivity contribution in [1.82, 2.24) is 14.9 Å². The molecule has 1 aromatic carbocycles. The van der Waals surface area contributed by atoms with Crippen LogP contribution in [0.15, 0.2) is 30.6 Å². The van der Waals surface area contributed by atoms with Crippen molar-refractivity contribution in [3.8, 4) is 11.5 Å². The van der Waals surface area contributed by atoms with Crippen LogP contribution in [0.5, 0.6) is 11.5 Å². The van der Waals surface area contributed by atoms with Crippen LogP contribution in [-0.2, 0) is 6.54 Å². The lowest BCUT2D eigenvalue weighted by Crippen LogP contribution is -2.32. The molecule has 146 valence electrons. The Hall–Kier alpha value is -2.63. The molecule has 0 aliphatic carbocycles. The molecule has 6 heteroatoms. The molecule has 1 heterocycles. The number of hydrogen-bond acceptors (Lipinski definition) is 5. The van der Waals surface area contributed by atoms with Crippen LogP contribution in [-0.4, -0.2) is 40.5 Å². The first-order chi connectivity index (χ1) is 13.1. The molecule has 0 radical (unpaired) electrons. The van der Waals surface area contributed by atoms with Gasteiger partial charge in [-0.25, -0.2) is 4.98 Å². The number of nitrogens with zero attached hydrogens (tertiary/aromatic N) is 3. The monoisotopic (exact) mass is 371 g/mol. The third kappa shape index (κ3) is 5.94. The number of rotatable bonds is 10. The average Bonchev–Trinajstić information content (AvgIpc) is 2.67. The van der Waals surface area contributed by atoms with Crippen LogP contribution in [0.25, 0.3) is 0 Å². The Morgan fingerprint density at radius 3 is 2.48 bits per heavy atom. The number of amides is 1. The Bertz CT molecular complexity index is 732. The highest BCUT2D eigenvalue weighted by Gasteiger charge is 2.18. The van der Waals surface area contributed by atoms with E-state index < -0.39 is 0 Å². The average molecular weight is 371 g/mol. The first-order valence-corrected chi connectivity index (χ1v) is 9.55. The van der Waals surface area contributed by atoms with Crippen molar-refractivity contribution < 1.29 is 14.3 Å². The molecule has 0 atom stereocenters. The van der Waals surface area contributed by atoms with Gasteiger partial charge in [0.1, 0.15) is 5.69 Å². The first kappa shape index (κ1) is 20.7. The Balaban J connectivity index is 2.20. The minimum atomic E-state index is -0.117. The maximum absolute atomic E-state index is 12.8. The summed E-state index contributed by atoms with van der Waals surface area (Å²) in [4.78, 5) is 23.0. The van der Waals surface area contributed by atoms with Crippen molar-refractivity contribution in [2.24, 2.45) is 0 Å². The summed E-state index contributed by atoms with van der Waals surface area (Å²) in [7, 11) is 0. The van der Waals surface area contributed by atoms with Gasteiger partial charge < -0.3 is 14.4 Å². The SMILES string of the molecule is CCCOc1ccc(CN(CCC)C(=O)c2cnc(C)cn2)cc1OCC. The Labute approximate surface area is 161 Å². The van der Waals surface area contributed by atoms with E-state index in [0.29, 0.717) is 37.7 Å². The summed E-state index contributed by atoms with van der Waals surface area (Å²) in [6.45, 7) is 10.2. The molecular formula is C21H29N3O3. The van der Waals surface area contributed by atoms with Gasteiger partial charge in [-0.1, -0.05) is 19.9 Å². The molecule has 0 aliphatic heterocycles. The largest absolute Gasteiger partial charge is 0.490 e. The van der Waals surface area contributed by atoms with Gasteiger partial charge in [-0.2, -0.15) is 0 Å². The number of benzene rings is 1. The molecule has 0 unspecified atom stereocenters. The van der Waals surface area contributed by atoms with E-state index >= 15 is 0 Å². The Kier molecular flexibility index (Phi) is 8.04. The van der Waals surface area contributed by atoms with Crippen LogP contribution in [0, 0.1) is 6.92 Å². The molecule has 0 saturated heterocycles. The number of aromatic nitrogens is 2. The summed E-state index contributed by atoms with van der Waals surface area (Å²) >= 11 is 0. The van der Waals surface area contributed by atoms with E-state index in [-0.39, 0.29) is 5.91 Å². The summed E-state index contributed by atoms with van der Waals surface area (Å²) < 4.78 is 11.5. The van der Waals surface area contributed by atoms with Gasteiger partial charge in [0.2, 0.25) is 0 Å². The molecule has 1 amide bonds. The smallest absolute Gasteiger partial charge is 0.274 e. The molecule has 0 bridgehead atoms. The van der Waals surface area contributed by atoms with Crippen LogP contribution in [0.3, 0.4) is 0 Å². The molecule has 0 spiro atoms. The quantitative estimate of drug-likeness (QED) is 0.631. The normalized spacial score (nSPS) is 10.5. The Morgan fingerprint density at radius 2 is 1.85 bits per heavy atom. The van der Waals surface area contributed by atoms with Gasteiger partial charge in [0.15, 0.2) is 11.5 Å². The highest BCUT2D eigenvalue weighted by molar-refractivity contribution is 5.92. The maximum atomic E-state index is 12.8. The number of carbonyl (C=O) groups is 1. The topological polar surface area (TPSA) is 64.5 Å². The summed E-state index contributed by atoms with van der Waals surface area (Å²) in [5, 5.41) is 0. The van der Waals surface area contributed by atoms with Crippen molar-refractivity contribution >= 4 is 5.91 Å². The molecular weight excluding hydrogens is 342 g/mol. The van der Waals surface area contributed by atoms with Crippen LogP contribution < -0.4 is 9.47 Å². The second-order valence-electron chi connectivity index (χ2n) is 6.33. The zero-order valence-electron chi connectivity index (χ0n) is 16.7. The van der Waals surface area contributed by atoms with Gasteiger partial charge >= 0.3 is 0 Å². The molecule has 1 aromatic heterocycles. The fraction of sp³-hybridized carbons (Fsp3) is 0.476. The van der Waals surface area contributed by atoms with Crippen LogP contribution in [0.2, 0.25) is 0 Å². The lowest BCUT2D eigenvalue weighted by Gasteiger charge is -2.22. The molecule has 27 heavy (non-hydrogen) atoms. The van der Waals surface area contributed by atoms with E-state index in [2.05, 4.69) is 23.8 Å². The summed E-state index contributed by atoms with van der Waals surface area (Å²) in [5.41, 5.74) is 2.14. The van der Waals surface area contributed by atoms with E-state index in [9.17, 15) is 4.79 Å². The highest BCUT2D eigenvalue weighted by Crippen LogP contribution is 2.29. The standard InChI is InChI=1S/C21H29N3O3/c1-5-10-24(21(25)18-14-22-16(4)13-23-18)15-17-8-9-19(27-11-6-2)20(12-17)26-7-3/h8-9,12-14H,5-7,10-11,15H2,1-4H3. The zero-order chi connectivity index (χ0) is 19.6. The number of carbonyl (C=O) groups excluding carboxylic acids is 1. The number of hydrogen-bond donors (Lipinski definition) is 0. The molecule has 0 fully saturated rings. The second-order valence-corrected chi connectivity index (χ2v) is 6.33. The van der Waals surface area contributed by atoms with Crippen LogP contribution in [0.4, 0.5) is 0 Å². The maximum Gasteiger partial charge on any atom is 0.274 e. The van der Waals surface area contributed by atoms with Crippen LogP contribution in [0.1, 0.15) is 55.4 Å². The molecule has 0 N–H and O–H groups in total. The van der Waals surface area contributed by atoms with E-state index in [1.165, 1.54) is 6.20 Å². The van der Waals surface area contributed by atoms with Crippen molar-refractivity contribution in [2.45, 2.75) is 47.1 Å². The Morgan fingerprint density at radius 1 is 1.04 bits per heavy atom. The fourth-order valence-electron chi connectivity index (χ4n) is 2.66. The van der Waals surface area contributed by atoms with Gasteiger partial charge in [-0.3, -0.25) is 9.78 Å². The van der Waals surface area contributed by atoms with Crippen molar-refractivity contribution in [3.05, 3.63) is 47.5 Å². The first-order valence-electron chi connectivity index (χ1n) is 9.55. The van der Waals surface area contributed by atoms with E-state index in [1.54, 1.807) is 11.1 Å². The van der Waals surface area contributed by atoms with Gasteiger partial charge in [-0.05, 0) is 44.4 Å². The summed E-state index contributed by atoms with van der Waals surface area (Å²) in [5.74, 6) is 1.33. The van der Waals surface area contributed by atoms with Crippen molar-refractivity contribution in [2.75, 3.05) is 19.8 Å². The molecule has 0 aliphatic rings.